The molecule has 0 amide bonds. The fourth-order valence-corrected chi connectivity index (χ4v) is 1.48. The lowest BCUT2D eigenvalue weighted by atomic mass is 10.3. The van der Waals surface area contributed by atoms with Crippen LogP contribution in [0.2, 0.25) is 5.02 Å². The first-order chi connectivity index (χ1) is 9.02. The van der Waals surface area contributed by atoms with Crippen molar-refractivity contribution in [2.45, 2.75) is 0 Å². The van der Waals surface area contributed by atoms with Gasteiger partial charge < -0.3 is 9.47 Å². The van der Waals surface area contributed by atoms with Crippen LogP contribution in [0.4, 0.5) is 13.2 Å². The maximum atomic E-state index is 13.4. The Labute approximate surface area is 111 Å². The minimum Gasteiger partial charge on any atom is -0.497 e. The summed E-state index contributed by atoms with van der Waals surface area (Å²) in [6.45, 7) is 0. The maximum absolute atomic E-state index is 13.4. The van der Waals surface area contributed by atoms with E-state index in [4.69, 9.17) is 21.1 Å². The van der Waals surface area contributed by atoms with Gasteiger partial charge >= 0.3 is 0 Å². The largest absolute Gasteiger partial charge is 0.497 e. The topological polar surface area (TPSA) is 31.4 Å². The van der Waals surface area contributed by atoms with E-state index in [1.54, 1.807) is 0 Å². The van der Waals surface area contributed by atoms with E-state index in [2.05, 4.69) is 4.98 Å². The smallest absolute Gasteiger partial charge is 0.255 e. The molecule has 0 saturated heterocycles. The fraction of sp³-hybridized carbons (Fsp3) is 0.0833. The summed E-state index contributed by atoms with van der Waals surface area (Å²) in [4.78, 5) is 2.66. The van der Waals surface area contributed by atoms with Gasteiger partial charge in [-0.2, -0.15) is 18.2 Å². The summed E-state index contributed by atoms with van der Waals surface area (Å²) in [5, 5.41) is -0.727. The molecule has 100 valence electrons. The highest BCUT2D eigenvalue weighted by atomic mass is 35.5. The van der Waals surface area contributed by atoms with Crippen molar-refractivity contribution in [1.29, 1.82) is 0 Å². The van der Waals surface area contributed by atoms with E-state index < -0.39 is 28.5 Å². The first kappa shape index (κ1) is 13.5. The second-order valence-electron chi connectivity index (χ2n) is 3.43. The van der Waals surface area contributed by atoms with Crippen molar-refractivity contribution in [1.82, 2.24) is 4.98 Å². The summed E-state index contributed by atoms with van der Waals surface area (Å²) in [6, 6.07) is 5.94. The Morgan fingerprint density at radius 2 is 1.58 bits per heavy atom. The summed E-state index contributed by atoms with van der Waals surface area (Å²) in [5.74, 6) is -4.48. The molecule has 0 bridgehead atoms. The number of hydrogen-bond acceptors (Lipinski definition) is 3. The second kappa shape index (κ2) is 5.36. The molecule has 2 rings (SSSR count). The first-order valence-electron chi connectivity index (χ1n) is 5.05. The molecule has 0 aliphatic carbocycles. The Morgan fingerprint density at radius 1 is 1.00 bits per heavy atom. The van der Waals surface area contributed by atoms with Crippen molar-refractivity contribution >= 4 is 11.6 Å². The van der Waals surface area contributed by atoms with Gasteiger partial charge in [0.2, 0.25) is 11.8 Å². The third-order valence-corrected chi connectivity index (χ3v) is 2.56. The molecule has 7 heteroatoms. The molecule has 0 atom stereocenters. The van der Waals surface area contributed by atoms with E-state index in [1.807, 2.05) is 0 Å². The molecule has 1 heterocycles. The average molecular weight is 290 g/mol. The van der Waals surface area contributed by atoms with Crippen molar-refractivity contribution in [2.75, 3.05) is 7.11 Å². The number of pyridine rings is 1. The van der Waals surface area contributed by atoms with Gasteiger partial charge in [0.1, 0.15) is 16.5 Å². The van der Waals surface area contributed by atoms with Crippen molar-refractivity contribution in [3.63, 3.8) is 0 Å². The monoisotopic (exact) mass is 289 g/mol. The Hall–Kier alpha value is -1.95. The highest BCUT2D eigenvalue weighted by Gasteiger charge is 2.21. The van der Waals surface area contributed by atoms with Crippen LogP contribution in [-0.2, 0) is 0 Å². The van der Waals surface area contributed by atoms with Crippen LogP contribution in [0.15, 0.2) is 24.3 Å². The second-order valence-corrected chi connectivity index (χ2v) is 3.81. The number of methoxy groups -OCH3 is 1. The van der Waals surface area contributed by atoms with Gasteiger partial charge in [0, 0.05) is 0 Å². The molecule has 0 unspecified atom stereocenters. The van der Waals surface area contributed by atoms with Crippen LogP contribution in [0.5, 0.6) is 17.2 Å². The molecule has 1 aromatic heterocycles. The lowest BCUT2D eigenvalue weighted by Gasteiger charge is -2.09. The van der Waals surface area contributed by atoms with Gasteiger partial charge in [-0.05, 0) is 24.3 Å². The zero-order valence-electron chi connectivity index (χ0n) is 9.58. The molecular weight excluding hydrogens is 283 g/mol. The summed E-state index contributed by atoms with van der Waals surface area (Å²) in [5.41, 5.74) is 0. The summed E-state index contributed by atoms with van der Waals surface area (Å²) < 4.78 is 49.4. The van der Waals surface area contributed by atoms with E-state index in [0.717, 1.165) is 0 Å². The van der Waals surface area contributed by atoms with Crippen LogP contribution < -0.4 is 9.47 Å². The Balaban J connectivity index is 2.37. The zero-order valence-corrected chi connectivity index (χ0v) is 10.3. The minimum atomic E-state index is -1.62. The minimum absolute atomic E-state index is 0.145. The van der Waals surface area contributed by atoms with Crippen molar-refractivity contribution < 1.29 is 22.6 Å². The number of aromatic nitrogens is 1. The van der Waals surface area contributed by atoms with Crippen molar-refractivity contribution in [3.8, 4) is 17.2 Å². The summed E-state index contributed by atoms with van der Waals surface area (Å²) >= 11 is 5.49. The standard InChI is InChI=1S/C12H7ClF3NO2/c1-18-6-2-4-7(5-3-6)19-10-8(13)11(15)17-12(16)9(10)14/h2-5H,1H3. The van der Waals surface area contributed by atoms with Crippen molar-refractivity contribution in [2.24, 2.45) is 0 Å². The predicted octanol–water partition coefficient (Wildman–Crippen LogP) is 3.95. The molecule has 0 spiro atoms. The summed E-state index contributed by atoms with van der Waals surface area (Å²) in [6.07, 6.45) is 0. The third kappa shape index (κ3) is 2.73. The third-order valence-electron chi connectivity index (χ3n) is 2.24. The highest BCUT2D eigenvalue weighted by Crippen LogP contribution is 2.34. The molecule has 0 aliphatic rings. The van der Waals surface area contributed by atoms with Gasteiger partial charge in [-0.15, -0.1) is 0 Å². The molecule has 0 saturated carbocycles. The van der Waals surface area contributed by atoms with Crippen LogP contribution >= 0.6 is 11.6 Å². The highest BCUT2D eigenvalue weighted by molar-refractivity contribution is 6.32. The number of nitrogens with zero attached hydrogens (tertiary/aromatic N) is 1. The Kier molecular flexibility index (Phi) is 3.80. The molecule has 1 aromatic carbocycles. The number of hydrogen-bond donors (Lipinski definition) is 0. The zero-order chi connectivity index (χ0) is 14.0. The SMILES string of the molecule is COc1ccc(Oc2c(F)c(F)nc(F)c2Cl)cc1. The Morgan fingerprint density at radius 3 is 2.16 bits per heavy atom. The predicted molar refractivity (Wildman–Crippen MR) is 62.2 cm³/mol. The maximum Gasteiger partial charge on any atom is 0.255 e. The van der Waals surface area contributed by atoms with E-state index in [1.165, 1.54) is 31.4 Å². The van der Waals surface area contributed by atoms with Gasteiger partial charge in [-0.25, -0.2) is 0 Å². The van der Waals surface area contributed by atoms with Crippen molar-refractivity contribution in [3.05, 3.63) is 47.0 Å². The average Bonchev–Trinajstić information content (AvgIpc) is 2.42. The van der Waals surface area contributed by atoms with Crippen LogP contribution in [-0.4, -0.2) is 12.1 Å². The molecule has 0 radical (unpaired) electrons. The van der Waals surface area contributed by atoms with Gasteiger partial charge in [-0.3, -0.25) is 0 Å². The lowest BCUT2D eigenvalue weighted by molar-refractivity contribution is 0.385. The van der Waals surface area contributed by atoms with Crippen LogP contribution in [0.1, 0.15) is 0 Å². The first-order valence-corrected chi connectivity index (χ1v) is 5.42. The quantitative estimate of drug-likeness (QED) is 0.802. The van der Waals surface area contributed by atoms with E-state index in [-0.39, 0.29) is 5.75 Å². The van der Waals surface area contributed by atoms with Crippen LogP contribution in [0.25, 0.3) is 0 Å². The number of rotatable bonds is 3. The molecule has 2 aromatic rings. The number of ether oxygens (including phenoxy) is 2. The number of benzene rings is 1. The molecular formula is C12H7ClF3NO2. The Bertz CT molecular complexity index is 579. The lowest BCUT2D eigenvalue weighted by Crippen LogP contribution is -2.00. The van der Waals surface area contributed by atoms with E-state index in [9.17, 15) is 13.2 Å². The fourth-order valence-electron chi connectivity index (χ4n) is 1.32. The molecule has 0 aliphatic heterocycles. The van der Waals surface area contributed by atoms with Gasteiger partial charge in [-0.1, -0.05) is 11.6 Å². The molecule has 0 fully saturated rings. The van der Waals surface area contributed by atoms with Gasteiger partial charge in [0.05, 0.1) is 7.11 Å². The molecule has 19 heavy (non-hydrogen) atoms. The van der Waals surface area contributed by atoms with E-state index in [0.29, 0.717) is 5.75 Å². The van der Waals surface area contributed by atoms with E-state index >= 15 is 0 Å². The summed E-state index contributed by atoms with van der Waals surface area (Å²) in [7, 11) is 1.47. The van der Waals surface area contributed by atoms with Crippen LogP contribution in [0, 0.1) is 17.7 Å². The van der Waals surface area contributed by atoms with Crippen LogP contribution in [0.3, 0.4) is 0 Å². The molecule has 0 N–H and O–H groups in total. The normalized spacial score (nSPS) is 10.4. The number of halogens is 4. The molecule has 3 nitrogen and oxygen atoms in total. The van der Waals surface area contributed by atoms with Gasteiger partial charge in [0.15, 0.2) is 5.75 Å². The van der Waals surface area contributed by atoms with Gasteiger partial charge in [0.25, 0.3) is 5.95 Å².